The van der Waals surface area contributed by atoms with Crippen molar-refractivity contribution < 1.29 is 9.53 Å². The number of carbonyl (C=O) groups is 1. The normalized spacial score (nSPS) is 31.2. The zero-order valence-corrected chi connectivity index (χ0v) is 11.5. The molecule has 2 rings (SSSR count). The topological polar surface area (TPSA) is 38.3 Å². The molecule has 1 amide bonds. The Morgan fingerprint density at radius 2 is 2.28 bits per heavy atom. The smallest absolute Gasteiger partial charge is 0.220 e. The van der Waals surface area contributed by atoms with Crippen LogP contribution in [0.25, 0.3) is 0 Å². The summed E-state index contributed by atoms with van der Waals surface area (Å²) in [7, 11) is 0. The molecule has 1 saturated heterocycles. The van der Waals surface area contributed by atoms with Crippen molar-refractivity contribution in [2.24, 2.45) is 17.8 Å². The van der Waals surface area contributed by atoms with Gasteiger partial charge in [-0.2, -0.15) is 0 Å². The second-order valence-corrected chi connectivity index (χ2v) is 5.90. The van der Waals surface area contributed by atoms with Crippen LogP contribution in [-0.2, 0) is 9.53 Å². The fourth-order valence-electron chi connectivity index (χ4n) is 3.03. The monoisotopic (exact) mass is 251 g/mol. The minimum atomic E-state index is 0.195. The predicted octanol–water partition coefficient (Wildman–Crippen LogP) is 2.52. The summed E-state index contributed by atoms with van der Waals surface area (Å²) in [5, 5.41) is 3.08. The molecule has 1 heterocycles. The molecule has 1 N–H and O–H groups in total. The number of hydrogen-bond donors (Lipinski definition) is 1. The lowest BCUT2D eigenvalue weighted by atomic mass is 9.93. The highest BCUT2D eigenvalue weighted by atomic mass is 16.5. The number of carbonyl (C=O) groups excluding carboxylic acids is 1. The van der Waals surface area contributed by atoms with E-state index in [2.05, 4.69) is 31.3 Å². The molecule has 0 aromatic rings. The highest BCUT2D eigenvalue weighted by Gasteiger charge is 2.30. The van der Waals surface area contributed by atoms with Crippen molar-refractivity contribution in [2.45, 2.75) is 45.6 Å². The first kappa shape index (κ1) is 13.6. The average molecular weight is 251 g/mol. The third-order valence-electron chi connectivity index (χ3n) is 4.04. The van der Waals surface area contributed by atoms with Crippen molar-refractivity contribution in [1.29, 1.82) is 0 Å². The van der Waals surface area contributed by atoms with E-state index in [-0.39, 0.29) is 5.91 Å². The van der Waals surface area contributed by atoms with Crippen LogP contribution in [0.15, 0.2) is 12.2 Å². The lowest BCUT2D eigenvalue weighted by Crippen LogP contribution is -2.35. The van der Waals surface area contributed by atoms with Gasteiger partial charge in [0, 0.05) is 25.5 Å². The summed E-state index contributed by atoms with van der Waals surface area (Å²) in [6, 6.07) is 0. The molecule has 3 nitrogen and oxygen atoms in total. The molecule has 0 spiro atoms. The van der Waals surface area contributed by atoms with Crippen molar-refractivity contribution in [3.63, 3.8) is 0 Å². The van der Waals surface area contributed by atoms with Crippen molar-refractivity contribution >= 4 is 5.91 Å². The lowest BCUT2D eigenvalue weighted by molar-refractivity contribution is -0.122. The molecule has 1 aliphatic heterocycles. The number of allylic oxidation sites excluding steroid dienone is 2. The van der Waals surface area contributed by atoms with Gasteiger partial charge in [-0.3, -0.25) is 4.79 Å². The molecule has 2 aliphatic rings. The van der Waals surface area contributed by atoms with Crippen molar-refractivity contribution in [3.8, 4) is 0 Å². The molecule has 0 bridgehead atoms. The van der Waals surface area contributed by atoms with Gasteiger partial charge in [-0.25, -0.2) is 0 Å². The molecular formula is C15H25NO2. The first-order valence-corrected chi connectivity index (χ1v) is 7.21. The van der Waals surface area contributed by atoms with E-state index >= 15 is 0 Å². The Balaban J connectivity index is 1.70. The van der Waals surface area contributed by atoms with E-state index in [0.717, 1.165) is 32.4 Å². The van der Waals surface area contributed by atoms with Gasteiger partial charge in [-0.1, -0.05) is 26.0 Å². The summed E-state index contributed by atoms with van der Waals surface area (Å²) in [5.41, 5.74) is 0. The number of hydrogen-bond acceptors (Lipinski definition) is 2. The zero-order chi connectivity index (χ0) is 13.0. The quantitative estimate of drug-likeness (QED) is 0.762. The van der Waals surface area contributed by atoms with Crippen LogP contribution in [0.5, 0.6) is 0 Å². The largest absolute Gasteiger partial charge is 0.378 e. The van der Waals surface area contributed by atoms with Gasteiger partial charge in [0.05, 0.1) is 6.10 Å². The predicted molar refractivity (Wildman–Crippen MR) is 72.2 cm³/mol. The highest BCUT2D eigenvalue weighted by molar-refractivity contribution is 5.76. The third kappa shape index (κ3) is 3.58. The molecule has 0 aromatic carbocycles. The molecule has 3 unspecified atom stereocenters. The molecule has 102 valence electrons. The Hall–Kier alpha value is -0.830. The van der Waals surface area contributed by atoms with Gasteiger partial charge in [-0.15, -0.1) is 0 Å². The fourth-order valence-corrected chi connectivity index (χ4v) is 3.03. The molecule has 0 aromatic heterocycles. The molecule has 1 fully saturated rings. The zero-order valence-electron chi connectivity index (χ0n) is 11.5. The Kier molecular flexibility index (Phi) is 4.81. The van der Waals surface area contributed by atoms with Crippen LogP contribution >= 0.6 is 0 Å². The minimum absolute atomic E-state index is 0.195. The average Bonchev–Trinajstić information content (AvgIpc) is 2.96. The molecule has 3 atom stereocenters. The summed E-state index contributed by atoms with van der Waals surface area (Å²) in [5.74, 6) is 1.69. The Morgan fingerprint density at radius 3 is 2.94 bits per heavy atom. The van der Waals surface area contributed by atoms with Crippen LogP contribution in [0.2, 0.25) is 0 Å². The van der Waals surface area contributed by atoms with Gasteiger partial charge in [0.2, 0.25) is 5.91 Å². The molecule has 18 heavy (non-hydrogen) atoms. The maximum Gasteiger partial charge on any atom is 0.220 e. The van der Waals surface area contributed by atoms with Crippen LogP contribution in [0.3, 0.4) is 0 Å². The second-order valence-electron chi connectivity index (χ2n) is 5.90. The number of nitrogens with one attached hydrogen (secondary N) is 1. The van der Waals surface area contributed by atoms with Gasteiger partial charge in [0.1, 0.15) is 0 Å². The summed E-state index contributed by atoms with van der Waals surface area (Å²) in [4.78, 5) is 11.8. The van der Waals surface area contributed by atoms with Crippen LogP contribution in [0, 0.1) is 17.8 Å². The van der Waals surface area contributed by atoms with Gasteiger partial charge < -0.3 is 10.1 Å². The van der Waals surface area contributed by atoms with Crippen LogP contribution in [0.4, 0.5) is 0 Å². The molecule has 1 aliphatic carbocycles. The maximum atomic E-state index is 11.8. The number of rotatable bonds is 5. The summed E-state index contributed by atoms with van der Waals surface area (Å²) in [6.07, 6.45) is 8.66. The summed E-state index contributed by atoms with van der Waals surface area (Å²) in [6.45, 7) is 6.00. The number of amides is 1. The summed E-state index contributed by atoms with van der Waals surface area (Å²) < 4.78 is 5.73. The van der Waals surface area contributed by atoms with E-state index in [1.54, 1.807) is 0 Å². The minimum Gasteiger partial charge on any atom is -0.378 e. The standard InChI is InChI=1S/C15H25NO2/c1-11(2)15-13(7-8-18-15)10-16-14(17)9-12-5-3-4-6-12/h3,5,11-13,15H,4,6-10H2,1-2H3,(H,16,17). The summed E-state index contributed by atoms with van der Waals surface area (Å²) >= 11 is 0. The lowest BCUT2D eigenvalue weighted by Gasteiger charge is -2.22. The molecule has 0 radical (unpaired) electrons. The molecule has 3 heteroatoms. The van der Waals surface area contributed by atoms with Crippen molar-refractivity contribution in [2.75, 3.05) is 13.2 Å². The van der Waals surface area contributed by atoms with Crippen molar-refractivity contribution in [1.82, 2.24) is 5.32 Å². The second kappa shape index (κ2) is 6.37. The number of ether oxygens (including phenoxy) is 1. The van der Waals surface area contributed by atoms with Gasteiger partial charge >= 0.3 is 0 Å². The van der Waals surface area contributed by atoms with Crippen molar-refractivity contribution in [3.05, 3.63) is 12.2 Å². The van der Waals surface area contributed by atoms with E-state index in [9.17, 15) is 4.79 Å². The third-order valence-corrected chi connectivity index (χ3v) is 4.04. The van der Waals surface area contributed by atoms with Gasteiger partial charge in [0.25, 0.3) is 0 Å². The first-order chi connectivity index (χ1) is 8.66. The van der Waals surface area contributed by atoms with E-state index in [4.69, 9.17) is 4.74 Å². The van der Waals surface area contributed by atoms with Gasteiger partial charge in [0.15, 0.2) is 0 Å². The van der Waals surface area contributed by atoms with E-state index in [1.807, 2.05) is 0 Å². The fraction of sp³-hybridized carbons (Fsp3) is 0.800. The molecule has 0 saturated carbocycles. The SMILES string of the molecule is CC(C)C1OCCC1CNC(=O)CC1C=CCC1. The van der Waals surface area contributed by atoms with Gasteiger partial charge in [-0.05, 0) is 31.1 Å². The van der Waals surface area contributed by atoms with Crippen LogP contribution < -0.4 is 5.32 Å². The highest BCUT2D eigenvalue weighted by Crippen LogP contribution is 2.26. The Bertz CT molecular complexity index is 312. The van der Waals surface area contributed by atoms with Crippen LogP contribution in [0.1, 0.15) is 39.5 Å². The van der Waals surface area contributed by atoms with E-state index in [1.165, 1.54) is 0 Å². The Morgan fingerprint density at radius 1 is 1.44 bits per heavy atom. The maximum absolute atomic E-state index is 11.8. The Labute approximate surface area is 110 Å². The molecular weight excluding hydrogens is 226 g/mol. The van der Waals surface area contributed by atoms with Crippen LogP contribution in [-0.4, -0.2) is 25.2 Å². The first-order valence-electron chi connectivity index (χ1n) is 7.21. The van der Waals surface area contributed by atoms with E-state index in [0.29, 0.717) is 30.3 Å². The van der Waals surface area contributed by atoms with E-state index < -0.39 is 0 Å².